The van der Waals surface area contributed by atoms with Gasteiger partial charge in [-0.2, -0.15) is 0 Å². The minimum atomic E-state index is 0.723. The predicted molar refractivity (Wildman–Crippen MR) is 85.5 cm³/mol. The van der Waals surface area contributed by atoms with Crippen molar-refractivity contribution in [2.45, 2.75) is 4.90 Å². The van der Waals surface area contributed by atoms with Gasteiger partial charge in [-0.25, -0.2) is 14.5 Å². The highest BCUT2D eigenvalue weighted by Crippen LogP contribution is 2.23. The predicted octanol–water partition coefficient (Wildman–Crippen LogP) is 3.67. The summed E-state index contributed by atoms with van der Waals surface area (Å²) in [5, 5.41) is 5.54. The summed E-state index contributed by atoms with van der Waals surface area (Å²) in [7, 11) is 0. The Balaban J connectivity index is 1.91. The first kappa shape index (κ1) is 12.3. The molecule has 0 aliphatic heterocycles. The summed E-state index contributed by atoms with van der Waals surface area (Å²) in [5.41, 5.74) is 2.78. The van der Waals surface area contributed by atoms with Crippen LogP contribution in [0.25, 0.3) is 27.9 Å². The van der Waals surface area contributed by atoms with Gasteiger partial charge < -0.3 is 0 Å². The summed E-state index contributed by atoms with van der Waals surface area (Å²) < 4.78 is 1.74. The monoisotopic (exact) mass is 292 g/mol. The van der Waals surface area contributed by atoms with Gasteiger partial charge in [-0.05, 0) is 30.5 Å². The van der Waals surface area contributed by atoms with Gasteiger partial charge in [0.05, 0.1) is 5.52 Å². The zero-order valence-corrected chi connectivity index (χ0v) is 12.2. The maximum atomic E-state index is 4.67. The Kier molecular flexibility index (Phi) is 2.86. The summed E-state index contributed by atoms with van der Waals surface area (Å²) in [6, 6.07) is 16.2. The Morgan fingerprint density at radius 3 is 2.62 bits per heavy atom. The molecule has 0 saturated carbocycles. The first-order valence-electron chi connectivity index (χ1n) is 6.60. The van der Waals surface area contributed by atoms with E-state index < -0.39 is 0 Å². The highest BCUT2D eigenvalue weighted by molar-refractivity contribution is 7.98. The van der Waals surface area contributed by atoms with Gasteiger partial charge in [-0.15, -0.1) is 16.9 Å². The number of hydrogen-bond donors (Lipinski definition) is 0. The molecular formula is C16H12N4S. The Morgan fingerprint density at radius 1 is 1.00 bits per heavy atom. The molecule has 0 spiro atoms. The van der Waals surface area contributed by atoms with Crippen LogP contribution in [0.4, 0.5) is 0 Å². The van der Waals surface area contributed by atoms with Crippen molar-refractivity contribution in [2.75, 3.05) is 6.26 Å². The van der Waals surface area contributed by atoms with Gasteiger partial charge in [0.2, 0.25) is 0 Å². The highest BCUT2D eigenvalue weighted by atomic mass is 32.2. The molecule has 0 atom stereocenters. The third-order valence-electron chi connectivity index (χ3n) is 3.43. The molecule has 0 fully saturated rings. The average Bonchev–Trinajstić information content (AvgIpc) is 2.99. The van der Waals surface area contributed by atoms with E-state index in [2.05, 4.69) is 45.6 Å². The van der Waals surface area contributed by atoms with Crippen molar-refractivity contribution in [1.82, 2.24) is 19.6 Å². The second-order valence-electron chi connectivity index (χ2n) is 4.69. The molecule has 2 aromatic heterocycles. The Morgan fingerprint density at radius 2 is 1.81 bits per heavy atom. The minimum Gasteiger partial charge on any atom is -0.236 e. The van der Waals surface area contributed by atoms with Crippen LogP contribution >= 0.6 is 11.8 Å². The van der Waals surface area contributed by atoms with Gasteiger partial charge in [0.15, 0.2) is 11.5 Å². The second kappa shape index (κ2) is 4.86. The van der Waals surface area contributed by atoms with E-state index in [0.29, 0.717) is 0 Å². The van der Waals surface area contributed by atoms with E-state index in [4.69, 9.17) is 0 Å². The molecule has 5 heteroatoms. The van der Waals surface area contributed by atoms with Crippen molar-refractivity contribution >= 4 is 28.3 Å². The van der Waals surface area contributed by atoms with Gasteiger partial charge in [0, 0.05) is 15.8 Å². The summed E-state index contributed by atoms with van der Waals surface area (Å²) >= 11 is 1.72. The van der Waals surface area contributed by atoms with E-state index in [1.165, 1.54) is 4.90 Å². The lowest BCUT2D eigenvalue weighted by molar-refractivity contribution is 0.938. The Hall–Kier alpha value is -2.40. The number of fused-ring (bicyclic) bond motifs is 3. The lowest BCUT2D eigenvalue weighted by Crippen LogP contribution is -1.90. The molecule has 2 heterocycles. The SMILES string of the molecule is CSc1ccc(-c2nc3c4ccccc4ncn3n2)cc1. The number of benzene rings is 2. The lowest BCUT2D eigenvalue weighted by atomic mass is 10.2. The zero-order chi connectivity index (χ0) is 14.2. The van der Waals surface area contributed by atoms with Crippen molar-refractivity contribution < 1.29 is 0 Å². The van der Waals surface area contributed by atoms with Gasteiger partial charge >= 0.3 is 0 Å². The van der Waals surface area contributed by atoms with Gasteiger partial charge in [0.25, 0.3) is 0 Å². The van der Waals surface area contributed by atoms with E-state index in [9.17, 15) is 0 Å². The molecule has 0 amide bonds. The van der Waals surface area contributed by atoms with E-state index in [0.717, 1.165) is 27.9 Å². The first-order valence-corrected chi connectivity index (χ1v) is 7.82. The summed E-state index contributed by atoms with van der Waals surface area (Å²) in [6.45, 7) is 0. The number of nitrogens with zero attached hydrogens (tertiary/aromatic N) is 4. The van der Waals surface area contributed by atoms with Crippen LogP contribution in [0.3, 0.4) is 0 Å². The average molecular weight is 292 g/mol. The third kappa shape index (κ3) is 2.06. The number of thioether (sulfide) groups is 1. The molecular weight excluding hydrogens is 280 g/mol. The van der Waals surface area contributed by atoms with Crippen LogP contribution < -0.4 is 0 Å². The fourth-order valence-electron chi connectivity index (χ4n) is 2.34. The Bertz CT molecular complexity index is 928. The normalized spacial score (nSPS) is 11.3. The van der Waals surface area contributed by atoms with Crippen molar-refractivity contribution in [1.29, 1.82) is 0 Å². The van der Waals surface area contributed by atoms with Crippen LogP contribution in [0, 0.1) is 0 Å². The molecule has 0 aliphatic carbocycles. The second-order valence-corrected chi connectivity index (χ2v) is 5.57. The van der Waals surface area contributed by atoms with Crippen LogP contribution in [0.5, 0.6) is 0 Å². The Labute approximate surface area is 125 Å². The molecule has 0 radical (unpaired) electrons. The number of aromatic nitrogens is 4. The van der Waals surface area contributed by atoms with E-state index >= 15 is 0 Å². The largest absolute Gasteiger partial charge is 0.236 e. The molecule has 0 saturated heterocycles. The number of hydrogen-bond acceptors (Lipinski definition) is 4. The van der Waals surface area contributed by atoms with Crippen LogP contribution in [-0.2, 0) is 0 Å². The smallest absolute Gasteiger partial charge is 0.182 e. The van der Waals surface area contributed by atoms with Gasteiger partial charge in [0.1, 0.15) is 6.33 Å². The summed E-state index contributed by atoms with van der Waals surface area (Å²) in [4.78, 5) is 10.3. The maximum Gasteiger partial charge on any atom is 0.182 e. The molecule has 0 aliphatic rings. The molecule has 0 unspecified atom stereocenters. The topological polar surface area (TPSA) is 43.1 Å². The number of para-hydroxylation sites is 1. The molecule has 4 nitrogen and oxygen atoms in total. The zero-order valence-electron chi connectivity index (χ0n) is 11.4. The van der Waals surface area contributed by atoms with Crippen molar-refractivity contribution in [3.63, 3.8) is 0 Å². The fourth-order valence-corrected chi connectivity index (χ4v) is 2.75. The molecule has 2 aromatic carbocycles. The molecule has 21 heavy (non-hydrogen) atoms. The van der Waals surface area contributed by atoms with Crippen LogP contribution in [0.2, 0.25) is 0 Å². The van der Waals surface area contributed by atoms with E-state index in [-0.39, 0.29) is 0 Å². The van der Waals surface area contributed by atoms with Gasteiger partial charge in [-0.1, -0.05) is 24.3 Å². The third-order valence-corrected chi connectivity index (χ3v) is 4.17. The van der Waals surface area contributed by atoms with Gasteiger partial charge in [-0.3, -0.25) is 0 Å². The molecule has 0 bridgehead atoms. The van der Waals surface area contributed by atoms with Crippen molar-refractivity contribution in [2.24, 2.45) is 0 Å². The fraction of sp³-hybridized carbons (Fsp3) is 0.0625. The first-order chi connectivity index (χ1) is 10.3. The maximum absolute atomic E-state index is 4.67. The van der Waals surface area contributed by atoms with Crippen LogP contribution in [0.1, 0.15) is 0 Å². The number of rotatable bonds is 2. The van der Waals surface area contributed by atoms with Crippen molar-refractivity contribution in [3.05, 3.63) is 54.9 Å². The molecule has 102 valence electrons. The van der Waals surface area contributed by atoms with E-state index in [1.807, 2.05) is 24.3 Å². The lowest BCUT2D eigenvalue weighted by Gasteiger charge is -1.97. The molecule has 0 N–H and O–H groups in total. The summed E-state index contributed by atoms with van der Waals surface area (Å²) in [5.74, 6) is 0.723. The molecule has 4 aromatic rings. The highest BCUT2D eigenvalue weighted by Gasteiger charge is 2.09. The van der Waals surface area contributed by atoms with Crippen molar-refractivity contribution in [3.8, 4) is 11.4 Å². The minimum absolute atomic E-state index is 0.723. The molecule has 4 rings (SSSR count). The standard InChI is InChI=1S/C16H12N4S/c1-21-12-8-6-11(7-9-12)15-18-16-13-4-2-3-5-14(13)17-10-20(16)19-15/h2-10H,1H3. The summed E-state index contributed by atoms with van der Waals surface area (Å²) in [6.07, 6.45) is 3.78. The van der Waals surface area contributed by atoms with Crippen LogP contribution in [-0.4, -0.2) is 25.8 Å². The quantitative estimate of drug-likeness (QED) is 0.529. The van der Waals surface area contributed by atoms with E-state index in [1.54, 1.807) is 22.6 Å². The van der Waals surface area contributed by atoms with Crippen LogP contribution in [0.15, 0.2) is 59.8 Å².